The van der Waals surface area contributed by atoms with Crippen molar-refractivity contribution < 1.29 is 9.53 Å². The van der Waals surface area contributed by atoms with E-state index in [9.17, 15) is 4.79 Å². The number of likely N-dealkylation sites (tertiary alicyclic amines) is 1. The largest absolute Gasteiger partial charge is 0.383 e. The highest BCUT2D eigenvalue weighted by Crippen LogP contribution is 2.25. The molecule has 0 saturated carbocycles. The lowest BCUT2D eigenvalue weighted by Gasteiger charge is -2.31. The summed E-state index contributed by atoms with van der Waals surface area (Å²) < 4.78 is 5.10. The van der Waals surface area contributed by atoms with Gasteiger partial charge in [-0.1, -0.05) is 29.3 Å². The zero-order valence-corrected chi connectivity index (χ0v) is 14.3. The molecule has 1 amide bonds. The number of amides is 1. The van der Waals surface area contributed by atoms with Crippen molar-refractivity contribution in [3.05, 3.63) is 33.8 Å². The normalized spacial score (nSPS) is 16.7. The molecular weight excluding hydrogens is 323 g/mol. The molecule has 6 heteroatoms. The van der Waals surface area contributed by atoms with E-state index in [1.165, 1.54) is 0 Å². The molecule has 1 heterocycles. The zero-order chi connectivity index (χ0) is 15.9. The number of nitrogens with zero attached hydrogens (tertiary/aromatic N) is 1. The average molecular weight is 345 g/mol. The van der Waals surface area contributed by atoms with Crippen molar-refractivity contribution in [2.24, 2.45) is 5.92 Å². The Kier molecular flexibility index (Phi) is 6.96. The van der Waals surface area contributed by atoms with Gasteiger partial charge in [0.25, 0.3) is 5.91 Å². The quantitative estimate of drug-likeness (QED) is 0.862. The number of methoxy groups -OCH3 is 1. The number of hydrogen-bond donors (Lipinski definition) is 1. The van der Waals surface area contributed by atoms with E-state index in [-0.39, 0.29) is 5.91 Å². The molecule has 2 rings (SSSR count). The minimum Gasteiger partial charge on any atom is -0.383 e. The maximum atomic E-state index is 12.2. The zero-order valence-electron chi connectivity index (χ0n) is 12.8. The number of rotatable bonds is 6. The minimum absolute atomic E-state index is 0.158. The average Bonchev–Trinajstić information content (AvgIpc) is 2.54. The van der Waals surface area contributed by atoms with Gasteiger partial charge in [0.15, 0.2) is 0 Å². The third-order valence-electron chi connectivity index (χ3n) is 4.07. The summed E-state index contributed by atoms with van der Waals surface area (Å²) in [6.07, 6.45) is 2.18. The van der Waals surface area contributed by atoms with E-state index in [0.717, 1.165) is 39.1 Å². The molecule has 22 heavy (non-hydrogen) atoms. The Balaban J connectivity index is 1.77. The van der Waals surface area contributed by atoms with Gasteiger partial charge in [0.1, 0.15) is 0 Å². The van der Waals surface area contributed by atoms with Crippen LogP contribution in [0.4, 0.5) is 0 Å². The van der Waals surface area contributed by atoms with Crippen LogP contribution in [0.3, 0.4) is 0 Å². The van der Waals surface area contributed by atoms with Crippen LogP contribution in [0.25, 0.3) is 0 Å². The van der Waals surface area contributed by atoms with Gasteiger partial charge < -0.3 is 15.0 Å². The number of nitrogens with one attached hydrogen (secondary N) is 1. The summed E-state index contributed by atoms with van der Waals surface area (Å²) in [6.45, 7) is 4.55. The molecule has 1 saturated heterocycles. The molecule has 4 nitrogen and oxygen atoms in total. The highest BCUT2D eigenvalue weighted by Gasteiger charge is 2.20. The van der Waals surface area contributed by atoms with Crippen molar-refractivity contribution >= 4 is 29.1 Å². The third-order valence-corrected chi connectivity index (χ3v) is 4.89. The van der Waals surface area contributed by atoms with Crippen LogP contribution < -0.4 is 5.32 Å². The maximum absolute atomic E-state index is 12.2. The number of benzene rings is 1. The molecule has 1 N–H and O–H groups in total. The molecular formula is C16H22Cl2N2O2. The minimum atomic E-state index is -0.158. The molecule has 1 aliphatic rings. The summed E-state index contributed by atoms with van der Waals surface area (Å²) in [4.78, 5) is 14.6. The summed E-state index contributed by atoms with van der Waals surface area (Å²) in [5.74, 6) is 0.356. The van der Waals surface area contributed by atoms with Crippen molar-refractivity contribution in [2.75, 3.05) is 39.9 Å². The number of carbonyl (C=O) groups excluding carboxylic acids is 1. The van der Waals surface area contributed by atoms with E-state index in [4.69, 9.17) is 27.9 Å². The predicted octanol–water partition coefficient (Wildman–Crippen LogP) is 3.08. The van der Waals surface area contributed by atoms with E-state index in [2.05, 4.69) is 10.2 Å². The van der Waals surface area contributed by atoms with Gasteiger partial charge in [-0.15, -0.1) is 0 Å². The number of halogens is 2. The summed E-state index contributed by atoms with van der Waals surface area (Å²) >= 11 is 12.0. The Morgan fingerprint density at radius 2 is 2.09 bits per heavy atom. The fraction of sp³-hybridized carbons (Fsp3) is 0.562. The topological polar surface area (TPSA) is 41.6 Å². The second-order valence-electron chi connectivity index (χ2n) is 5.59. The van der Waals surface area contributed by atoms with Crippen LogP contribution >= 0.6 is 23.2 Å². The van der Waals surface area contributed by atoms with Crippen LogP contribution in [-0.2, 0) is 4.74 Å². The van der Waals surface area contributed by atoms with E-state index in [1.54, 1.807) is 25.3 Å². The van der Waals surface area contributed by atoms with Crippen LogP contribution in [0, 0.1) is 5.92 Å². The first-order valence-electron chi connectivity index (χ1n) is 7.55. The summed E-state index contributed by atoms with van der Waals surface area (Å²) in [5, 5.41) is 3.69. The molecule has 1 aliphatic heterocycles. The van der Waals surface area contributed by atoms with E-state index in [0.29, 0.717) is 28.1 Å². The Morgan fingerprint density at radius 3 is 2.77 bits per heavy atom. The molecule has 0 radical (unpaired) electrons. The second kappa shape index (κ2) is 8.73. The SMILES string of the molecule is COCCN1CCC(CNC(=O)c2cccc(Cl)c2Cl)CC1. The monoisotopic (exact) mass is 344 g/mol. The molecule has 1 aromatic carbocycles. The number of ether oxygens (including phenoxy) is 1. The van der Waals surface area contributed by atoms with Gasteiger partial charge >= 0.3 is 0 Å². The van der Waals surface area contributed by atoms with Gasteiger partial charge in [0.2, 0.25) is 0 Å². The first-order chi connectivity index (χ1) is 10.6. The molecule has 1 aromatic rings. The summed E-state index contributed by atoms with van der Waals surface area (Å²) in [7, 11) is 1.73. The Hall–Kier alpha value is -0.810. The standard InChI is InChI=1S/C16H22Cl2N2O2/c1-22-10-9-20-7-5-12(6-8-20)11-19-16(21)13-3-2-4-14(17)15(13)18/h2-4,12H,5-11H2,1H3,(H,19,21). The fourth-order valence-corrected chi connectivity index (χ4v) is 3.03. The van der Waals surface area contributed by atoms with Crippen molar-refractivity contribution in [1.29, 1.82) is 0 Å². The number of piperidine rings is 1. The first-order valence-corrected chi connectivity index (χ1v) is 8.31. The molecule has 0 aliphatic carbocycles. The predicted molar refractivity (Wildman–Crippen MR) is 89.8 cm³/mol. The van der Waals surface area contributed by atoms with Gasteiger partial charge in [-0.3, -0.25) is 4.79 Å². The van der Waals surface area contributed by atoms with Crippen LogP contribution in [0.2, 0.25) is 10.0 Å². The second-order valence-corrected chi connectivity index (χ2v) is 6.37. The van der Waals surface area contributed by atoms with Crippen LogP contribution in [0.15, 0.2) is 18.2 Å². The molecule has 0 aromatic heterocycles. The van der Waals surface area contributed by atoms with E-state index in [1.807, 2.05) is 0 Å². The van der Waals surface area contributed by atoms with E-state index >= 15 is 0 Å². The Labute approximate surface area is 141 Å². The molecule has 1 fully saturated rings. The van der Waals surface area contributed by atoms with E-state index < -0.39 is 0 Å². The highest BCUT2D eigenvalue weighted by atomic mass is 35.5. The summed E-state index contributed by atoms with van der Waals surface area (Å²) in [6, 6.07) is 5.10. The summed E-state index contributed by atoms with van der Waals surface area (Å²) in [5.41, 5.74) is 0.437. The first kappa shape index (κ1) is 17.5. The Morgan fingerprint density at radius 1 is 1.36 bits per heavy atom. The molecule has 0 bridgehead atoms. The van der Waals surface area contributed by atoms with Crippen LogP contribution in [-0.4, -0.2) is 50.7 Å². The Bertz CT molecular complexity index is 503. The fourth-order valence-electron chi connectivity index (χ4n) is 2.65. The lowest BCUT2D eigenvalue weighted by molar-refractivity contribution is 0.0926. The van der Waals surface area contributed by atoms with Gasteiger partial charge in [0.05, 0.1) is 22.2 Å². The van der Waals surface area contributed by atoms with Crippen molar-refractivity contribution in [2.45, 2.75) is 12.8 Å². The maximum Gasteiger partial charge on any atom is 0.252 e. The van der Waals surface area contributed by atoms with Gasteiger partial charge in [-0.2, -0.15) is 0 Å². The van der Waals surface area contributed by atoms with Crippen molar-refractivity contribution in [1.82, 2.24) is 10.2 Å². The smallest absolute Gasteiger partial charge is 0.252 e. The van der Waals surface area contributed by atoms with Crippen LogP contribution in [0.5, 0.6) is 0 Å². The van der Waals surface area contributed by atoms with Gasteiger partial charge in [-0.05, 0) is 44.0 Å². The number of carbonyl (C=O) groups is 1. The molecule has 122 valence electrons. The van der Waals surface area contributed by atoms with Gasteiger partial charge in [-0.25, -0.2) is 0 Å². The van der Waals surface area contributed by atoms with Crippen molar-refractivity contribution in [3.63, 3.8) is 0 Å². The van der Waals surface area contributed by atoms with Crippen LogP contribution in [0.1, 0.15) is 23.2 Å². The van der Waals surface area contributed by atoms with Gasteiger partial charge in [0, 0.05) is 20.2 Å². The third kappa shape index (κ3) is 4.85. The lowest BCUT2D eigenvalue weighted by Crippen LogP contribution is -2.39. The molecule has 0 unspecified atom stereocenters. The lowest BCUT2D eigenvalue weighted by atomic mass is 9.96. The van der Waals surface area contributed by atoms with Crippen molar-refractivity contribution in [3.8, 4) is 0 Å². The number of hydrogen-bond acceptors (Lipinski definition) is 3. The molecule has 0 atom stereocenters. The highest BCUT2D eigenvalue weighted by molar-refractivity contribution is 6.43. The molecule has 0 spiro atoms.